The monoisotopic (exact) mass is 445 g/mol. The average molecular weight is 446 g/mol. The normalized spacial score (nSPS) is 11.5. The molecule has 0 aliphatic heterocycles. The van der Waals surface area contributed by atoms with Crippen LogP contribution in [0.4, 0.5) is 19.0 Å². The maximum absolute atomic E-state index is 13.8. The third-order valence-corrected chi connectivity index (χ3v) is 4.74. The number of hydrogen-bond acceptors (Lipinski definition) is 3. The van der Waals surface area contributed by atoms with Crippen molar-refractivity contribution in [2.24, 2.45) is 0 Å². The fraction of sp³-hybridized carbons (Fsp3) is 0.0952. The van der Waals surface area contributed by atoms with Gasteiger partial charge in [0.15, 0.2) is 5.69 Å². The molecule has 0 bridgehead atoms. The lowest BCUT2D eigenvalue weighted by atomic mass is 10.2. The molecule has 0 aliphatic carbocycles. The molecule has 31 heavy (non-hydrogen) atoms. The Morgan fingerprint density at radius 2 is 1.71 bits per heavy atom. The largest absolute Gasteiger partial charge is 0.434 e. The Bertz CT molecular complexity index is 1200. The molecule has 0 spiro atoms. The number of anilines is 1. The van der Waals surface area contributed by atoms with E-state index in [4.69, 9.17) is 11.6 Å². The van der Waals surface area contributed by atoms with E-state index in [0.717, 1.165) is 11.8 Å². The predicted octanol–water partition coefficient (Wildman–Crippen LogP) is 5.04. The van der Waals surface area contributed by atoms with Crippen LogP contribution >= 0.6 is 11.6 Å². The van der Waals surface area contributed by atoms with Crippen LogP contribution in [0.25, 0.3) is 5.69 Å². The molecule has 4 rings (SSSR count). The molecule has 2 heterocycles. The number of halogens is 4. The molecule has 0 aliphatic rings. The number of hydrogen-bond donors (Lipinski definition) is 1. The van der Waals surface area contributed by atoms with Gasteiger partial charge in [-0.05, 0) is 29.8 Å². The van der Waals surface area contributed by atoms with Crippen molar-refractivity contribution in [3.05, 3.63) is 94.9 Å². The summed E-state index contributed by atoms with van der Waals surface area (Å²) in [4.78, 5) is 12.8. The molecule has 10 heteroatoms. The topological polar surface area (TPSA) is 64.7 Å². The first kappa shape index (κ1) is 20.7. The number of aromatic nitrogens is 4. The third kappa shape index (κ3) is 4.46. The zero-order valence-corrected chi connectivity index (χ0v) is 16.6. The fourth-order valence-electron chi connectivity index (χ4n) is 3.07. The number of carbonyl (C=O) groups is 1. The van der Waals surface area contributed by atoms with Gasteiger partial charge in [-0.3, -0.25) is 4.79 Å². The quantitative estimate of drug-likeness (QED) is 0.468. The average Bonchev–Trinajstić information content (AvgIpc) is 3.37. The second-order valence-corrected chi connectivity index (χ2v) is 7.04. The molecule has 1 amide bonds. The van der Waals surface area contributed by atoms with Crippen LogP contribution in [0.3, 0.4) is 0 Å². The third-order valence-electron chi connectivity index (χ3n) is 4.49. The Morgan fingerprint density at radius 3 is 2.39 bits per heavy atom. The first-order valence-electron chi connectivity index (χ1n) is 9.11. The maximum Gasteiger partial charge on any atom is 0.434 e. The van der Waals surface area contributed by atoms with E-state index in [2.05, 4.69) is 15.5 Å². The predicted molar refractivity (Wildman–Crippen MR) is 109 cm³/mol. The highest BCUT2D eigenvalue weighted by Crippen LogP contribution is 2.34. The SMILES string of the molecule is O=C(Nc1ccnn1Cc1ccccc1)c1cnn(-c2ccc(Cl)cc2)c1C(F)(F)F. The summed E-state index contributed by atoms with van der Waals surface area (Å²) < 4.78 is 43.6. The Labute approximate surface area is 179 Å². The fourth-order valence-corrected chi connectivity index (χ4v) is 3.20. The molecule has 0 saturated heterocycles. The summed E-state index contributed by atoms with van der Waals surface area (Å²) in [5, 5.41) is 10.8. The molecule has 0 unspecified atom stereocenters. The van der Waals surface area contributed by atoms with E-state index >= 15 is 0 Å². The van der Waals surface area contributed by atoms with Gasteiger partial charge in [0.05, 0.1) is 30.2 Å². The van der Waals surface area contributed by atoms with Crippen molar-refractivity contribution in [1.82, 2.24) is 19.6 Å². The summed E-state index contributed by atoms with van der Waals surface area (Å²) in [6.07, 6.45) is -2.46. The van der Waals surface area contributed by atoms with Gasteiger partial charge < -0.3 is 5.32 Å². The van der Waals surface area contributed by atoms with Crippen molar-refractivity contribution in [3.8, 4) is 5.69 Å². The van der Waals surface area contributed by atoms with Crippen LogP contribution in [0.1, 0.15) is 21.6 Å². The Morgan fingerprint density at radius 1 is 1.00 bits per heavy atom. The van der Waals surface area contributed by atoms with Crippen LogP contribution in [-0.2, 0) is 12.7 Å². The van der Waals surface area contributed by atoms with E-state index in [0.29, 0.717) is 16.2 Å². The number of amides is 1. The minimum absolute atomic E-state index is 0.130. The van der Waals surface area contributed by atoms with Gasteiger partial charge in [-0.2, -0.15) is 23.4 Å². The molecule has 4 aromatic rings. The number of carbonyl (C=O) groups excluding carboxylic acids is 1. The molecule has 0 fully saturated rings. The molecule has 0 atom stereocenters. The van der Waals surface area contributed by atoms with Crippen LogP contribution in [0.2, 0.25) is 5.02 Å². The van der Waals surface area contributed by atoms with Gasteiger partial charge in [0.25, 0.3) is 5.91 Å². The van der Waals surface area contributed by atoms with Crippen molar-refractivity contribution in [2.45, 2.75) is 12.7 Å². The highest BCUT2D eigenvalue weighted by atomic mass is 35.5. The van der Waals surface area contributed by atoms with Crippen molar-refractivity contribution in [3.63, 3.8) is 0 Å². The summed E-state index contributed by atoms with van der Waals surface area (Å²) in [5.74, 6) is -0.677. The first-order chi connectivity index (χ1) is 14.8. The molecular formula is C21H15ClF3N5O. The molecule has 6 nitrogen and oxygen atoms in total. The van der Waals surface area contributed by atoms with E-state index in [9.17, 15) is 18.0 Å². The second kappa shape index (κ2) is 8.27. The summed E-state index contributed by atoms with van der Waals surface area (Å²) in [6.45, 7) is 0.347. The van der Waals surface area contributed by atoms with Gasteiger partial charge >= 0.3 is 6.18 Å². The highest BCUT2D eigenvalue weighted by Gasteiger charge is 2.40. The lowest BCUT2D eigenvalue weighted by Crippen LogP contribution is -2.22. The second-order valence-electron chi connectivity index (χ2n) is 6.61. The molecular weight excluding hydrogens is 431 g/mol. The Hall–Kier alpha value is -3.59. The molecule has 0 saturated carbocycles. The zero-order valence-electron chi connectivity index (χ0n) is 15.8. The van der Waals surface area contributed by atoms with Gasteiger partial charge in [-0.1, -0.05) is 41.9 Å². The number of benzene rings is 2. The van der Waals surface area contributed by atoms with Crippen molar-refractivity contribution in [1.29, 1.82) is 0 Å². The summed E-state index contributed by atoms with van der Waals surface area (Å²) in [7, 11) is 0. The number of nitrogens with one attached hydrogen (secondary N) is 1. The smallest absolute Gasteiger partial charge is 0.307 e. The van der Waals surface area contributed by atoms with E-state index in [-0.39, 0.29) is 11.5 Å². The summed E-state index contributed by atoms with van der Waals surface area (Å²) in [5.41, 5.74) is -0.727. The first-order valence-corrected chi connectivity index (χ1v) is 9.49. The maximum atomic E-state index is 13.8. The Kier molecular flexibility index (Phi) is 5.51. The molecule has 1 N–H and O–H groups in total. The lowest BCUT2D eigenvalue weighted by Gasteiger charge is -2.13. The molecule has 0 radical (unpaired) electrons. The summed E-state index contributed by atoms with van der Waals surface area (Å²) >= 11 is 5.81. The highest BCUT2D eigenvalue weighted by molar-refractivity contribution is 6.30. The molecule has 2 aromatic heterocycles. The standard InChI is InChI=1S/C21H15ClF3N5O/c22-15-6-8-16(9-7-15)30-19(21(23,24)25)17(12-27-30)20(31)28-18-10-11-26-29(18)13-14-4-2-1-3-5-14/h1-12H,13H2,(H,28,31). The minimum atomic E-state index is -4.81. The Balaban J connectivity index is 1.64. The van der Waals surface area contributed by atoms with Gasteiger partial charge in [0.1, 0.15) is 5.82 Å². The van der Waals surface area contributed by atoms with Crippen molar-refractivity contribution in [2.75, 3.05) is 5.32 Å². The van der Waals surface area contributed by atoms with Crippen LogP contribution in [0.5, 0.6) is 0 Å². The van der Waals surface area contributed by atoms with E-state index in [1.54, 1.807) is 0 Å². The van der Waals surface area contributed by atoms with Gasteiger partial charge in [-0.25, -0.2) is 9.36 Å². The molecule has 158 valence electrons. The van der Waals surface area contributed by atoms with E-state index in [1.807, 2.05) is 30.3 Å². The van der Waals surface area contributed by atoms with Crippen molar-refractivity contribution >= 4 is 23.3 Å². The number of alkyl halides is 3. The van der Waals surface area contributed by atoms with Crippen LogP contribution in [0.15, 0.2) is 73.1 Å². The van der Waals surface area contributed by atoms with Gasteiger partial charge in [0.2, 0.25) is 0 Å². The lowest BCUT2D eigenvalue weighted by molar-refractivity contribution is -0.143. The van der Waals surface area contributed by atoms with E-state index in [1.165, 1.54) is 41.2 Å². The van der Waals surface area contributed by atoms with Crippen LogP contribution in [-0.4, -0.2) is 25.5 Å². The van der Waals surface area contributed by atoms with Gasteiger partial charge in [-0.15, -0.1) is 0 Å². The van der Waals surface area contributed by atoms with E-state index < -0.39 is 23.3 Å². The number of rotatable bonds is 5. The summed E-state index contributed by atoms with van der Waals surface area (Å²) in [6, 6.07) is 16.5. The van der Waals surface area contributed by atoms with Crippen LogP contribution < -0.4 is 5.32 Å². The molecule has 2 aromatic carbocycles. The zero-order chi connectivity index (χ0) is 22.0. The van der Waals surface area contributed by atoms with Crippen LogP contribution in [0, 0.1) is 0 Å². The minimum Gasteiger partial charge on any atom is -0.307 e. The van der Waals surface area contributed by atoms with Crippen molar-refractivity contribution < 1.29 is 18.0 Å². The van der Waals surface area contributed by atoms with Gasteiger partial charge in [0, 0.05) is 11.1 Å². The number of nitrogens with zero attached hydrogens (tertiary/aromatic N) is 4.